The first-order chi connectivity index (χ1) is 9.00. The molecular weight excluding hydrogens is 263 g/mol. The van der Waals surface area contributed by atoms with Gasteiger partial charge in [-0.15, -0.1) is 11.3 Å². The van der Waals surface area contributed by atoms with Crippen LogP contribution in [0.3, 0.4) is 0 Å². The van der Waals surface area contributed by atoms with Crippen molar-refractivity contribution in [2.24, 2.45) is 0 Å². The van der Waals surface area contributed by atoms with Gasteiger partial charge in [-0.25, -0.2) is 9.37 Å². The molecule has 1 aromatic carbocycles. The van der Waals surface area contributed by atoms with E-state index in [4.69, 9.17) is 0 Å². The van der Waals surface area contributed by atoms with Crippen molar-refractivity contribution in [3.63, 3.8) is 0 Å². The molecule has 1 atom stereocenters. The lowest BCUT2D eigenvalue weighted by Gasteiger charge is -2.23. The van der Waals surface area contributed by atoms with E-state index in [1.807, 2.05) is 24.9 Å². The van der Waals surface area contributed by atoms with Gasteiger partial charge in [0.25, 0.3) is 0 Å². The lowest BCUT2D eigenvalue weighted by Crippen LogP contribution is -2.19. The zero-order valence-electron chi connectivity index (χ0n) is 11.2. The van der Waals surface area contributed by atoms with Gasteiger partial charge in [-0.1, -0.05) is 6.07 Å². The average molecular weight is 280 g/mol. The molecule has 102 valence electrons. The number of hydrogen-bond acceptors (Lipinski definition) is 4. The molecule has 0 aliphatic rings. The molecule has 0 radical (unpaired) electrons. The number of halogens is 1. The zero-order chi connectivity index (χ0) is 14.0. The maximum absolute atomic E-state index is 13.8. The number of thiazole rings is 1. The summed E-state index contributed by atoms with van der Waals surface area (Å²) >= 11 is 1.58. The van der Waals surface area contributed by atoms with Crippen molar-refractivity contribution in [1.29, 1.82) is 0 Å². The van der Waals surface area contributed by atoms with Crippen LogP contribution in [0.15, 0.2) is 23.7 Å². The van der Waals surface area contributed by atoms with Crippen molar-refractivity contribution in [3.05, 3.63) is 45.7 Å². The van der Waals surface area contributed by atoms with E-state index in [1.54, 1.807) is 29.8 Å². The minimum atomic E-state index is -0.832. The number of nitrogens with zero attached hydrogens (tertiary/aromatic N) is 2. The summed E-state index contributed by atoms with van der Waals surface area (Å²) in [4.78, 5) is 7.28. The zero-order valence-corrected chi connectivity index (χ0v) is 12.0. The summed E-state index contributed by atoms with van der Waals surface area (Å²) in [6, 6.07) is 4.85. The van der Waals surface area contributed by atoms with Crippen LogP contribution in [0.25, 0.3) is 0 Å². The van der Waals surface area contributed by atoms with Gasteiger partial charge in [0.1, 0.15) is 5.82 Å². The third-order valence-corrected chi connectivity index (χ3v) is 4.00. The summed E-state index contributed by atoms with van der Waals surface area (Å²) in [7, 11) is 1.89. The number of hydrogen-bond donors (Lipinski definition) is 1. The van der Waals surface area contributed by atoms with E-state index in [0.29, 0.717) is 17.8 Å². The predicted octanol–water partition coefficient (Wildman–Crippen LogP) is 3.28. The molecule has 19 heavy (non-hydrogen) atoms. The average Bonchev–Trinajstić information content (AvgIpc) is 2.74. The molecule has 0 saturated carbocycles. The minimum absolute atomic E-state index is 0.340. The molecule has 0 aliphatic carbocycles. The summed E-state index contributed by atoms with van der Waals surface area (Å²) in [6.07, 6.45) is -0.832. The quantitative estimate of drug-likeness (QED) is 0.933. The lowest BCUT2D eigenvalue weighted by molar-refractivity contribution is 0.194. The van der Waals surface area contributed by atoms with Crippen molar-refractivity contribution in [1.82, 2.24) is 4.98 Å². The van der Waals surface area contributed by atoms with Crippen LogP contribution >= 0.6 is 11.3 Å². The van der Waals surface area contributed by atoms with Gasteiger partial charge < -0.3 is 10.0 Å². The Morgan fingerprint density at radius 2 is 2.21 bits per heavy atom. The summed E-state index contributed by atoms with van der Waals surface area (Å²) in [5.74, 6) is -0.375. The van der Waals surface area contributed by atoms with E-state index >= 15 is 0 Å². The Kier molecular flexibility index (Phi) is 4.17. The molecule has 1 heterocycles. The highest BCUT2D eigenvalue weighted by atomic mass is 32.1. The predicted molar refractivity (Wildman–Crippen MR) is 76.0 cm³/mol. The molecule has 1 aromatic heterocycles. The molecule has 0 saturated heterocycles. The monoisotopic (exact) mass is 280 g/mol. The first kappa shape index (κ1) is 14.0. The first-order valence-electron chi connectivity index (χ1n) is 6.07. The summed E-state index contributed by atoms with van der Waals surface area (Å²) < 4.78 is 13.8. The second-order valence-electron chi connectivity index (χ2n) is 4.57. The van der Waals surface area contributed by atoms with Crippen LogP contribution in [-0.4, -0.2) is 17.1 Å². The van der Waals surface area contributed by atoms with Gasteiger partial charge in [0.15, 0.2) is 0 Å². The Balaban J connectivity index is 2.31. The Labute approximate surface area is 116 Å². The van der Waals surface area contributed by atoms with E-state index < -0.39 is 6.10 Å². The third kappa shape index (κ3) is 2.93. The molecule has 1 N–H and O–H groups in total. The van der Waals surface area contributed by atoms with Gasteiger partial charge in [-0.3, -0.25) is 0 Å². The van der Waals surface area contributed by atoms with Gasteiger partial charge in [-0.05, 0) is 26.0 Å². The first-order valence-corrected chi connectivity index (χ1v) is 6.95. The van der Waals surface area contributed by atoms with Crippen LogP contribution in [0, 0.1) is 12.7 Å². The molecule has 0 fully saturated rings. The molecule has 2 aromatic rings. The van der Waals surface area contributed by atoms with E-state index in [2.05, 4.69) is 4.98 Å². The van der Waals surface area contributed by atoms with Crippen LogP contribution in [0.1, 0.15) is 29.2 Å². The summed E-state index contributed by atoms with van der Waals surface area (Å²) in [5, 5.41) is 9.74. The number of aryl methyl sites for hydroxylation is 1. The number of anilines is 1. The number of aliphatic hydroxyl groups is 1. The Bertz CT molecular complexity index is 568. The number of aliphatic hydroxyl groups excluding tert-OH is 1. The Morgan fingerprint density at radius 1 is 1.47 bits per heavy atom. The SMILES string of the molecule is Cc1ncsc1CN(C)c1cccc(F)c1[C@@H](C)O. The second kappa shape index (κ2) is 5.67. The number of rotatable bonds is 4. The highest BCUT2D eigenvalue weighted by Gasteiger charge is 2.17. The Hall–Kier alpha value is -1.46. The highest BCUT2D eigenvalue weighted by Crippen LogP contribution is 2.29. The molecule has 3 nitrogen and oxygen atoms in total. The number of aromatic nitrogens is 1. The number of benzene rings is 1. The Morgan fingerprint density at radius 3 is 2.79 bits per heavy atom. The third-order valence-electron chi connectivity index (χ3n) is 3.08. The van der Waals surface area contributed by atoms with E-state index in [1.165, 1.54) is 6.07 Å². The molecule has 0 spiro atoms. The second-order valence-corrected chi connectivity index (χ2v) is 5.50. The van der Waals surface area contributed by atoms with Gasteiger partial charge >= 0.3 is 0 Å². The van der Waals surface area contributed by atoms with Crippen LogP contribution in [0.5, 0.6) is 0 Å². The fraction of sp³-hybridized carbons (Fsp3) is 0.357. The molecule has 0 bridgehead atoms. The fourth-order valence-corrected chi connectivity index (χ4v) is 2.88. The summed E-state index contributed by atoms with van der Waals surface area (Å²) in [5.41, 5.74) is 3.85. The van der Waals surface area contributed by atoms with E-state index in [9.17, 15) is 9.50 Å². The van der Waals surface area contributed by atoms with Gasteiger partial charge in [-0.2, -0.15) is 0 Å². The van der Waals surface area contributed by atoms with Crippen LogP contribution in [-0.2, 0) is 6.54 Å². The minimum Gasteiger partial charge on any atom is -0.389 e. The fourth-order valence-electron chi connectivity index (χ4n) is 2.05. The van der Waals surface area contributed by atoms with Crippen molar-refractivity contribution in [3.8, 4) is 0 Å². The topological polar surface area (TPSA) is 36.4 Å². The van der Waals surface area contributed by atoms with Crippen LogP contribution in [0.4, 0.5) is 10.1 Å². The maximum atomic E-state index is 13.8. The maximum Gasteiger partial charge on any atom is 0.131 e. The smallest absolute Gasteiger partial charge is 0.131 e. The van der Waals surface area contributed by atoms with E-state index in [0.717, 1.165) is 10.6 Å². The molecule has 0 unspecified atom stereocenters. The van der Waals surface area contributed by atoms with Gasteiger partial charge in [0, 0.05) is 23.2 Å². The van der Waals surface area contributed by atoms with Crippen molar-refractivity contribution in [2.75, 3.05) is 11.9 Å². The molecule has 2 rings (SSSR count). The standard InChI is InChI=1S/C14H17FN2OS/c1-9-13(19-8-16-9)7-17(3)12-6-4-5-11(15)14(12)10(2)18/h4-6,8,10,18H,7H2,1-3H3/t10-/m1/s1. The van der Waals surface area contributed by atoms with Crippen molar-refractivity contribution < 1.29 is 9.50 Å². The molecule has 0 aliphatic heterocycles. The molecule has 5 heteroatoms. The van der Waals surface area contributed by atoms with Gasteiger partial charge in [0.05, 0.1) is 23.9 Å². The van der Waals surface area contributed by atoms with Crippen molar-refractivity contribution >= 4 is 17.0 Å². The van der Waals surface area contributed by atoms with Crippen LogP contribution in [0.2, 0.25) is 0 Å². The normalized spacial score (nSPS) is 12.5. The largest absolute Gasteiger partial charge is 0.389 e. The van der Waals surface area contributed by atoms with Crippen LogP contribution < -0.4 is 4.90 Å². The summed E-state index contributed by atoms with van der Waals surface area (Å²) in [6.45, 7) is 4.19. The highest BCUT2D eigenvalue weighted by molar-refractivity contribution is 7.09. The molecular formula is C14H17FN2OS. The van der Waals surface area contributed by atoms with Crippen molar-refractivity contribution in [2.45, 2.75) is 26.5 Å². The van der Waals surface area contributed by atoms with Gasteiger partial charge in [0.2, 0.25) is 0 Å². The molecule has 0 amide bonds. The lowest BCUT2D eigenvalue weighted by atomic mass is 10.1. The van der Waals surface area contributed by atoms with E-state index in [-0.39, 0.29) is 5.82 Å².